The minimum absolute atomic E-state index is 0.132. The maximum absolute atomic E-state index is 8.69. The van der Waals surface area contributed by atoms with Crippen LogP contribution in [-0.4, -0.2) is 23.7 Å². The zero-order valence-corrected chi connectivity index (χ0v) is 12.6. The zero-order chi connectivity index (χ0) is 13.5. The largest absolute Gasteiger partial charge is 0.395 e. The van der Waals surface area contributed by atoms with E-state index in [4.69, 9.17) is 5.11 Å². The molecule has 0 saturated carbocycles. The monoisotopic (exact) mass is 291 g/mol. The average Bonchev–Trinajstić information content (AvgIpc) is 3.02. The Bertz CT molecular complexity index is 548. The third-order valence-electron chi connectivity index (χ3n) is 2.58. The van der Waals surface area contributed by atoms with E-state index in [2.05, 4.69) is 52.1 Å². The molecule has 2 aromatic rings. The van der Waals surface area contributed by atoms with Crippen LogP contribution in [0.4, 0.5) is 0 Å². The van der Waals surface area contributed by atoms with Crippen molar-refractivity contribution >= 4 is 22.7 Å². The Morgan fingerprint density at radius 2 is 2.21 bits per heavy atom. The minimum Gasteiger partial charge on any atom is -0.395 e. The molecule has 0 aliphatic carbocycles. The maximum atomic E-state index is 8.69. The third kappa shape index (κ3) is 4.81. The van der Waals surface area contributed by atoms with Crippen LogP contribution in [0.1, 0.15) is 22.4 Å². The predicted octanol–water partition coefficient (Wildman–Crippen LogP) is 3.18. The summed E-state index contributed by atoms with van der Waals surface area (Å²) in [6.45, 7) is 2.06. The van der Waals surface area contributed by atoms with Crippen molar-refractivity contribution in [2.24, 2.45) is 0 Å². The van der Waals surface area contributed by atoms with Crippen LogP contribution < -0.4 is 0 Å². The van der Waals surface area contributed by atoms with Gasteiger partial charge in [0.2, 0.25) is 0 Å². The topological polar surface area (TPSA) is 23.5 Å². The van der Waals surface area contributed by atoms with Crippen LogP contribution in [0.3, 0.4) is 0 Å². The van der Waals surface area contributed by atoms with Crippen molar-refractivity contribution in [2.45, 2.75) is 19.5 Å². The van der Waals surface area contributed by atoms with Crippen LogP contribution in [0.25, 0.3) is 0 Å². The van der Waals surface area contributed by atoms with Gasteiger partial charge >= 0.3 is 0 Å². The summed E-state index contributed by atoms with van der Waals surface area (Å²) in [6, 6.07) is 4.31. The Labute approximate surface area is 122 Å². The molecule has 0 amide bonds. The highest BCUT2D eigenvalue weighted by molar-refractivity contribution is 7.10. The molecule has 2 aromatic heterocycles. The van der Waals surface area contributed by atoms with E-state index in [9.17, 15) is 0 Å². The van der Waals surface area contributed by atoms with Gasteiger partial charge in [-0.2, -0.15) is 11.3 Å². The van der Waals surface area contributed by atoms with E-state index in [1.54, 1.807) is 22.7 Å². The number of thiophene rings is 2. The fourth-order valence-electron chi connectivity index (χ4n) is 1.77. The van der Waals surface area contributed by atoms with Gasteiger partial charge in [0.15, 0.2) is 0 Å². The summed E-state index contributed by atoms with van der Waals surface area (Å²) >= 11 is 3.48. The molecule has 0 bridgehead atoms. The molecule has 0 saturated heterocycles. The number of aliphatic hydroxyl groups excluding tert-OH is 1. The fraction of sp³-hybridized carbons (Fsp3) is 0.333. The number of nitrogens with zero attached hydrogens (tertiary/aromatic N) is 1. The van der Waals surface area contributed by atoms with Crippen LogP contribution in [0.5, 0.6) is 0 Å². The normalized spacial score (nSPS) is 10.5. The van der Waals surface area contributed by atoms with Crippen molar-refractivity contribution in [1.82, 2.24) is 4.90 Å². The van der Waals surface area contributed by atoms with Gasteiger partial charge in [-0.25, -0.2) is 0 Å². The van der Waals surface area contributed by atoms with Crippen LogP contribution in [-0.2, 0) is 13.1 Å². The van der Waals surface area contributed by atoms with Crippen molar-refractivity contribution in [3.63, 3.8) is 0 Å². The summed E-state index contributed by atoms with van der Waals surface area (Å²) < 4.78 is 0. The summed E-state index contributed by atoms with van der Waals surface area (Å²) in [6.07, 6.45) is 0.545. The molecule has 0 aromatic carbocycles. The lowest BCUT2D eigenvalue weighted by Crippen LogP contribution is -2.15. The molecule has 100 valence electrons. The van der Waals surface area contributed by atoms with Gasteiger partial charge in [-0.1, -0.05) is 11.8 Å². The van der Waals surface area contributed by atoms with Crippen LogP contribution in [0, 0.1) is 11.8 Å². The van der Waals surface area contributed by atoms with Crippen molar-refractivity contribution in [3.05, 3.63) is 44.3 Å². The van der Waals surface area contributed by atoms with Crippen molar-refractivity contribution in [1.29, 1.82) is 0 Å². The first-order valence-electron chi connectivity index (χ1n) is 6.14. The number of hydrogen-bond acceptors (Lipinski definition) is 4. The van der Waals surface area contributed by atoms with Gasteiger partial charge in [-0.3, -0.25) is 4.90 Å². The first-order valence-corrected chi connectivity index (χ1v) is 7.97. The molecule has 0 atom stereocenters. The number of aliphatic hydroxyl groups is 1. The lowest BCUT2D eigenvalue weighted by Gasteiger charge is -2.14. The molecule has 0 fully saturated rings. The molecule has 1 N–H and O–H groups in total. The zero-order valence-electron chi connectivity index (χ0n) is 10.9. The van der Waals surface area contributed by atoms with Gasteiger partial charge in [0, 0.05) is 35.3 Å². The van der Waals surface area contributed by atoms with Crippen LogP contribution in [0.15, 0.2) is 28.3 Å². The Kier molecular flexibility index (Phi) is 5.62. The molecule has 0 radical (unpaired) electrons. The van der Waals surface area contributed by atoms with Gasteiger partial charge in [-0.15, -0.1) is 11.3 Å². The number of hydrogen-bond donors (Lipinski definition) is 1. The second-order valence-corrected chi connectivity index (χ2v) is 6.16. The minimum atomic E-state index is 0.132. The van der Waals surface area contributed by atoms with Gasteiger partial charge in [0.1, 0.15) is 0 Å². The van der Waals surface area contributed by atoms with Crippen molar-refractivity contribution < 1.29 is 5.11 Å². The molecular weight excluding hydrogens is 274 g/mol. The highest BCUT2D eigenvalue weighted by Gasteiger charge is 2.04. The van der Waals surface area contributed by atoms with Gasteiger partial charge < -0.3 is 5.11 Å². The molecule has 0 aliphatic rings. The molecule has 0 spiro atoms. The summed E-state index contributed by atoms with van der Waals surface area (Å²) in [5.74, 6) is 6.02. The van der Waals surface area contributed by atoms with Crippen molar-refractivity contribution in [2.75, 3.05) is 13.7 Å². The lowest BCUT2D eigenvalue weighted by molar-refractivity contribution is 0.305. The second-order valence-electron chi connectivity index (χ2n) is 4.38. The van der Waals surface area contributed by atoms with E-state index in [0.29, 0.717) is 6.42 Å². The van der Waals surface area contributed by atoms with Gasteiger partial charge in [-0.05, 0) is 35.5 Å². The molecule has 2 rings (SSSR count). The SMILES string of the molecule is CN(Cc1ccsc1)Cc1cc(C#CCCO)cs1. The fourth-order valence-corrected chi connectivity index (χ4v) is 3.32. The average molecular weight is 291 g/mol. The number of rotatable bonds is 5. The van der Waals surface area contributed by atoms with E-state index in [0.717, 1.165) is 18.7 Å². The molecule has 2 heterocycles. The van der Waals surface area contributed by atoms with E-state index in [-0.39, 0.29) is 6.61 Å². The lowest BCUT2D eigenvalue weighted by atomic mass is 10.3. The third-order valence-corrected chi connectivity index (χ3v) is 4.24. The summed E-state index contributed by atoms with van der Waals surface area (Å²) in [4.78, 5) is 3.63. The highest BCUT2D eigenvalue weighted by atomic mass is 32.1. The van der Waals surface area contributed by atoms with Gasteiger partial charge in [0.05, 0.1) is 6.61 Å². The molecule has 0 aliphatic heterocycles. The molecule has 0 unspecified atom stereocenters. The van der Waals surface area contributed by atoms with Crippen LogP contribution in [0.2, 0.25) is 0 Å². The Hall–Kier alpha value is -1.12. The quantitative estimate of drug-likeness (QED) is 0.855. The standard InChI is InChI=1S/C15H17NOS2/c1-16(9-14-5-7-18-11-14)10-15-8-13(12-19-15)4-2-3-6-17/h5,7-8,11-12,17H,3,6,9-10H2,1H3. The van der Waals surface area contributed by atoms with E-state index in [1.807, 2.05) is 0 Å². The highest BCUT2D eigenvalue weighted by Crippen LogP contribution is 2.17. The Balaban J connectivity index is 1.87. The first-order chi connectivity index (χ1) is 9.28. The van der Waals surface area contributed by atoms with Gasteiger partial charge in [0.25, 0.3) is 0 Å². The Morgan fingerprint density at radius 3 is 2.95 bits per heavy atom. The van der Waals surface area contributed by atoms with E-state index >= 15 is 0 Å². The van der Waals surface area contributed by atoms with Crippen molar-refractivity contribution in [3.8, 4) is 11.8 Å². The van der Waals surface area contributed by atoms with Crippen LogP contribution >= 0.6 is 22.7 Å². The predicted molar refractivity (Wildman–Crippen MR) is 82.4 cm³/mol. The molecule has 19 heavy (non-hydrogen) atoms. The smallest absolute Gasteiger partial charge is 0.0540 e. The molecular formula is C15H17NOS2. The first kappa shape index (κ1) is 14.3. The van der Waals surface area contributed by atoms with E-state index in [1.165, 1.54) is 10.4 Å². The summed E-state index contributed by atoms with van der Waals surface area (Å²) in [5.41, 5.74) is 2.42. The summed E-state index contributed by atoms with van der Waals surface area (Å²) in [5, 5.41) is 15.1. The second kappa shape index (κ2) is 7.46. The molecule has 2 nitrogen and oxygen atoms in total. The van der Waals surface area contributed by atoms with E-state index < -0.39 is 0 Å². The molecule has 4 heteroatoms. The maximum Gasteiger partial charge on any atom is 0.0540 e. The Morgan fingerprint density at radius 1 is 1.32 bits per heavy atom. The summed E-state index contributed by atoms with van der Waals surface area (Å²) in [7, 11) is 2.13.